The molecule has 4 aromatic rings. The molecule has 3 aromatic carbocycles. The van der Waals surface area contributed by atoms with E-state index in [0.29, 0.717) is 16.7 Å². The van der Waals surface area contributed by atoms with E-state index in [4.69, 9.17) is 14.2 Å². The molecule has 0 saturated carbocycles. The third-order valence-corrected chi connectivity index (χ3v) is 6.65. The molecular weight excluding hydrogens is 558 g/mol. The van der Waals surface area contributed by atoms with Crippen molar-refractivity contribution in [1.29, 1.82) is 0 Å². The minimum absolute atomic E-state index is 0.0872. The Bertz CT molecular complexity index is 1390. The summed E-state index contributed by atoms with van der Waals surface area (Å²) in [5.41, 5.74) is 4.97. The van der Waals surface area contributed by atoms with Crippen LogP contribution in [0.3, 0.4) is 0 Å². The lowest BCUT2D eigenvalue weighted by Crippen LogP contribution is -2.20. The van der Waals surface area contributed by atoms with Gasteiger partial charge in [0, 0.05) is 21.3 Å². The zero-order valence-electron chi connectivity index (χ0n) is 20.3. The average Bonchev–Trinajstić information content (AvgIpc) is 3.36. The second-order valence-corrected chi connectivity index (χ2v) is 9.39. The summed E-state index contributed by atoms with van der Waals surface area (Å²) in [6, 6.07) is 20.6. The van der Waals surface area contributed by atoms with Crippen molar-refractivity contribution < 1.29 is 19.0 Å². The van der Waals surface area contributed by atoms with E-state index >= 15 is 0 Å². The molecule has 1 N–H and O–H groups in total. The van der Waals surface area contributed by atoms with Gasteiger partial charge in [0.1, 0.15) is 17.2 Å². The molecule has 37 heavy (non-hydrogen) atoms. The number of hydrogen-bond acceptors (Lipinski definition) is 8. The molecule has 1 amide bonds. The van der Waals surface area contributed by atoms with Gasteiger partial charge < -0.3 is 14.2 Å². The highest BCUT2D eigenvalue weighted by Crippen LogP contribution is 2.30. The van der Waals surface area contributed by atoms with Crippen molar-refractivity contribution in [3.63, 3.8) is 0 Å². The predicted molar refractivity (Wildman–Crippen MR) is 147 cm³/mol. The van der Waals surface area contributed by atoms with Gasteiger partial charge in [-0.3, -0.25) is 9.36 Å². The lowest BCUT2D eigenvalue weighted by Gasteiger charge is -2.11. The zero-order chi connectivity index (χ0) is 26.2. The highest BCUT2D eigenvalue weighted by atomic mass is 79.9. The van der Waals surface area contributed by atoms with E-state index in [1.54, 1.807) is 21.3 Å². The van der Waals surface area contributed by atoms with E-state index in [0.717, 1.165) is 32.8 Å². The van der Waals surface area contributed by atoms with E-state index in [9.17, 15) is 4.79 Å². The number of carbonyl (C=O) groups excluding carboxylic acids is 1. The summed E-state index contributed by atoms with van der Waals surface area (Å²) in [6.07, 6.45) is 1.54. The van der Waals surface area contributed by atoms with Crippen LogP contribution in [0.2, 0.25) is 0 Å². The zero-order valence-corrected chi connectivity index (χ0v) is 22.7. The first-order valence-electron chi connectivity index (χ1n) is 11.0. The Labute approximate surface area is 227 Å². The monoisotopic (exact) mass is 581 g/mol. The molecule has 0 saturated heterocycles. The van der Waals surface area contributed by atoms with Crippen molar-refractivity contribution in [3.8, 4) is 34.3 Å². The van der Waals surface area contributed by atoms with Crippen LogP contribution in [-0.4, -0.2) is 54.0 Å². The Morgan fingerprint density at radius 2 is 1.65 bits per heavy atom. The first-order chi connectivity index (χ1) is 18.0. The highest BCUT2D eigenvalue weighted by molar-refractivity contribution is 9.10. The van der Waals surface area contributed by atoms with Crippen LogP contribution < -0.4 is 19.6 Å². The fourth-order valence-corrected chi connectivity index (χ4v) is 4.52. The van der Waals surface area contributed by atoms with Gasteiger partial charge in [0.15, 0.2) is 11.0 Å². The van der Waals surface area contributed by atoms with Crippen LogP contribution in [0.15, 0.2) is 81.5 Å². The molecule has 0 spiro atoms. The molecule has 0 aliphatic carbocycles. The number of hydrogen-bond donors (Lipinski definition) is 1. The lowest BCUT2D eigenvalue weighted by atomic mass is 10.2. The number of methoxy groups -OCH3 is 3. The minimum Gasteiger partial charge on any atom is -0.497 e. The number of nitrogens with one attached hydrogen (secondary N) is 1. The quantitative estimate of drug-likeness (QED) is 0.160. The number of benzene rings is 3. The van der Waals surface area contributed by atoms with Crippen molar-refractivity contribution >= 4 is 39.8 Å². The van der Waals surface area contributed by atoms with E-state index in [-0.39, 0.29) is 11.7 Å². The van der Waals surface area contributed by atoms with Gasteiger partial charge in [0.25, 0.3) is 5.91 Å². The molecule has 190 valence electrons. The molecule has 0 radical (unpaired) electrons. The van der Waals surface area contributed by atoms with Gasteiger partial charge in [-0.25, -0.2) is 5.43 Å². The third-order valence-electron chi connectivity index (χ3n) is 5.23. The number of hydrazone groups is 1. The van der Waals surface area contributed by atoms with Crippen LogP contribution in [0.5, 0.6) is 17.2 Å². The molecule has 0 unspecified atom stereocenters. The Morgan fingerprint density at radius 1 is 0.973 bits per heavy atom. The molecule has 0 atom stereocenters. The fourth-order valence-electron chi connectivity index (χ4n) is 3.40. The van der Waals surface area contributed by atoms with Crippen LogP contribution in [0.25, 0.3) is 17.1 Å². The summed E-state index contributed by atoms with van der Waals surface area (Å²) < 4.78 is 18.7. The maximum absolute atomic E-state index is 12.5. The molecular formula is C26H24BrN5O4S. The summed E-state index contributed by atoms with van der Waals surface area (Å²) in [7, 11) is 4.81. The number of rotatable bonds is 10. The Kier molecular flexibility index (Phi) is 8.81. The Balaban J connectivity index is 1.52. The van der Waals surface area contributed by atoms with Gasteiger partial charge in [-0.05, 0) is 66.7 Å². The van der Waals surface area contributed by atoms with Gasteiger partial charge in [-0.2, -0.15) is 5.10 Å². The number of carbonyl (C=O) groups is 1. The van der Waals surface area contributed by atoms with Gasteiger partial charge >= 0.3 is 0 Å². The smallest absolute Gasteiger partial charge is 0.250 e. The van der Waals surface area contributed by atoms with Crippen molar-refractivity contribution in [2.75, 3.05) is 27.1 Å². The van der Waals surface area contributed by atoms with Crippen molar-refractivity contribution in [2.45, 2.75) is 5.16 Å². The van der Waals surface area contributed by atoms with Crippen molar-refractivity contribution in [2.24, 2.45) is 5.10 Å². The number of ether oxygens (including phenoxy) is 3. The first kappa shape index (κ1) is 26.2. The van der Waals surface area contributed by atoms with Crippen LogP contribution in [0.4, 0.5) is 0 Å². The van der Waals surface area contributed by atoms with Crippen LogP contribution in [0, 0.1) is 0 Å². The van der Waals surface area contributed by atoms with Crippen molar-refractivity contribution in [1.82, 2.24) is 20.2 Å². The van der Waals surface area contributed by atoms with Crippen LogP contribution >= 0.6 is 27.7 Å². The highest BCUT2D eigenvalue weighted by Gasteiger charge is 2.17. The summed E-state index contributed by atoms with van der Waals surface area (Å²) in [4.78, 5) is 12.5. The van der Waals surface area contributed by atoms with E-state index < -0.39 is 0 Å². The maximum atomic E-state index is 12.5. The number of nitrogens with zero attached hydrogens (tertiary/aromatic N) is 4. The fraction of sp³-hybridized carbons (Fsp3) is 0.154. The van der Waals surface area contributed by atoms with Crippen LogP contribution in [-0.2, 0) is 4.79 Å². The van der Waals surface area contributed by atoms with Gasteiger partial charge in [-0.15, -0.1) is 10.2 Å². The van der Waals surface area contributed by atoms with E-state index in [2.05, 4.69) is 36.7 Å². The molecule has 1 aromatic heterocycles. The maximum Gasteiger partial charge on any atom is 0.250 e. The molecule has 1 heterocycles. The largest absolute Gasteiger partial charge is 0.497 e. The van der Waals surface area contributed by atoms with Gasteiger partial charge in [0.2, 0.25) is 0 Å². The summed E-state index contributed by atoms with van der Waals surface area (Å²) in [5.74, 6) is 2.56. The minimum atomic E-state index is -0.287. The standard InChI is InChI=1S/C26H24BrN5O4S/c1-34-21-9-4-17(5-10-21)25-30-31-26(32(25)20-7-11-22(35-2)12-8-20)37-16-24(33)29-28-15-18-14-19(27)6-13-23(18)36-3/h4-15H,16H2,1-3H3,(H,29,33)/b28-15+. The molecule has 0 aliphatic heterocycles. The normalized spacial score (nSPS) is 10.9. The SMILES string of the molecule is COc1ccc(-c2nnc(SCC(=O)N/N=C/c3cc(Br)ccc3OC)n2-c2ccc(OC)cc2)cc1. The van der Waals surface area contributed by atoms with Crippen molar-refractivity contribution in [3.05, 3.63) is 76.8 Å². The molecule has 9 nitrogen and oxygen atoms in total. The molecule has 0 fully saturated rings. The van der Waals surface area contributed by atoms with Crippen LogP contribution in [0.1, 0.15) is 5.56 Å². The second kappa shape index (κ2) is 12.4. The summed E-state index contributed by atoms with van der Waals surface area (Å²) >= 11 is 4.68. The first-order valence-corrected chi connectivity index (χ1v) is 12.8. The van der Waals surface area contributed by atoms with E-state index in [1.165, 1.54) is 18.0 Å². The summed E-state index contributed by atoms with van der Waals surface area (Å²) in [6.45, 7) is 0. The number of amides is 1. The average molecular weight is 582 g/mol. The van der Waals surface area contributed by atoms with Gasteiger partial charge in [-0.1, -0.05) is 27.7 Å². The Morgan fingerprint density at radius 3 is 2.30 bits per heavy atom. The number of aromatic nitrogens is 3. The number of thioether (sulfide) groups is 1. The molecule has 4 rings (SSSR count). The Hall–Kier alpha value is -3.83. The van der Waals surface area contributed by atoms with E-state index in [1.807, 2.05) is 71.3 Å². The lowest BCUT2D eigenvalue weighted by molar-refractivity contribution is -0.118. The van der Waals surface area contributed by atoms with Gasteiger partial charge in [0.05, 0.1) is 33.3 Å². The molecule has 11 heteroatoms. The number of halogens is 1. The third kappa shape index (κ3) is 6.49. The topological polar surface area (TPSA) is 99.9 Å². The predicted octanol–water partition coefficient (Wildman–Crippen LogP) is 4.97. The molecule has 0 aliphatic rings. The summed E-state index contributed by atoms with van der Waals surface area (Å²) in [5, 5.41) is 13.4. The molecule has 0 bridgehead atoms. The second-order valence-electron chi connectivity index (χ2n) is 7.54.